The van der Waals surface area contributed by atoms with E-state index in [1.165, 1.54) is 10.1 Å². The van der Waals surface area contributed by atoms with Crippen LogP contribution >= 0.6 is 12.2 Å². The lowest BCUT2D eigenvalue weighted by atomic mass is 10.1. The molecular weight excluding hydrogens is 418 g/mol. The zero-order valence-electron chi connectivity index (χ0n) is 18.0. The molecule has 1 N–H and O–H groups in total. The molecule has 0 bridgehead atoms. The molecule has 0 aliphatic heterocycles. The van der Waals surface area contributed by atoms with Crippen LogP contribution in [-0.2, 0) is 19.5 Å². The molecule has 0 spiro atoms. The number of nitrogens with one attached hydrogen (secondary N) is 1. The van der Waals surface area contributed by atoms with Gasteiger partial charge in [0.15, 0.2) is 4.77 Å². The maximum atomic E-state index is 13.5. The fourth-order valence-electron chi connectivity index (χ4n) is 3.82. The summed E-state index contributed by atoms with van der Waals surface area (Å²) in [6, 6.07) is 25.3. The number of carbonyl (C=O) groups is 1. The van der Waals surface area contributed by atoms with Gasteiger partial charge in [0, 0.05) is 25.2 Å². The van der Waals surface area contributed by atoms with Crippen LogP contribution in [0.4, 0.5) is 0 Å². The Kier molecular flexibility index (Phi) is 6.61. The first kappa shape index (κ1) is 21.7. The number of H-pyrrole nitrogens is 1. The highest BCUT2D eigenvalue weighted by Crippen LogP contribution is 2.16. The average molecular weight is 444 g/mol. The standard InChI is InChI=1S/C26H25N3O2S/c1-2-29-25(31)22-14-13-21(17-23(22)27-26(29)32)24(30)28(18-20-11-7-4-8-12-20)16-15-19-9-5-3-6-10-19/h3-14,17H,2,15-16,18H2,1H3,(H,27,32). The van der Waals surface area contributed by atoms with Crippen molar-refractivity contribution in [2.75, 3.05) is 6.54 Å². The molecular formula is C26H25N3O2S. The Morgan fingerprint density at radius 3 is 2.28 bits per heavy atom. The van der Waals surface area contributed by atoms with Crippen molar-refractivity contribution in [3.05, 3.63) is 111 Å². The summed E-state index contributed by atoms with van der Waals surface area (Å²) < 4.78 is 1.88. The third-order valence-corrected chi connectivity index (χ3v) is 5.88. The lowest BCUT2D eigenvalue weighted by Crippen LogP contribution is -2.32. The van der Waals surface area contributed by atoms with Gasteiger partial charge in [0.2, 0.25) is 0 Å². The van der Waals surface area contributed by atoms with Gasteiger partial charge in [-0.25, -0.2) is 0 Å². The van der Waals surface area contributed by atoms with Crippen molar-refractivity contribution < 1.29 is 4.79 Å². The van der Waals surface area contributed by atoms with Gasteiger partial charge in [0.1, 0.15) is 0 Å². The van der Waals surface area contributed by atoms with E-state index in [1.807, 2.05) is 60.4 Å². The molecule has 4 aromatic rings. The zero-order chi connectivity index (χ0) is 22.5. The van der Waals surface area contributed by atoms with E-state index in [0.717, 1.165) is 12.0 Å². The third kappa shape index (κ3) is 4.70. The van der Waals surface area contributed by atoms with E-state index >= 15 is 0 Å². The van der Waals surface area contributed by atoms with Gasteiger partial charge >= 0.3 is 0 Å². The van der Waals surface area contributed by atoms with E-state index in [9.17, 15) is 9.59 Å². The molecule has 0 unspecified atom stereocenters. The summed E-state index contributed by atoms with van der Waals surface area (Å²) in [5, 5.41) is 0.524. The quantitative estimate of drug-likeness (QED) is 0.411. The summed E-state index contributed by atoms with van der Waals surface area (Å²) in [5.74, 6) is -0.0781. The van der Waals surface area contributed by atoms with Crippen molar-refractivity contribution in [3.8, 4) is 0 Å². The molecule has 0 radical (unpaired) electrons. The van der Waals surface area contributed by atoms with Gasteiger partial charge in [0.05, 0.1) is 10.9 Å². The minimum atomic E-state index is -0.143. The van der Waals surface area contributed by atoms with Crippen molar-refractivity contribution in [1.29, 1.82) is 0 Å². The minimum absolute atomic E-state index is 0.0781. The first-order valence-electron chi connectivity index (χ1n) is 10.7. The Labute approximate surface area is 192 Å². The molecule has 1 heterocycles. The van der Waals surface area contributed by atoms with Crippen molar-refractivity contribution in [1.82, 2.24) is 14.5 Å². The Morgan fingerprint density at radius 2 is 1.62 bits per heavy atom. The molecule has 4 rings (SSSR count). The normalized spacial score (nSPS) is 10.9. The molecule has 0 aliphatic rings. The molecule has 0 saturated carbocycles. The zero-order valence-corrected chi connectivity index (χ0v) is 18.8. The summed E-state index contributed by atoms with van der Waals surface area (Å²) in [7, 11) is 0. The van der Waals surface area contributed by atoms with Crippen LogP contribution in [0.25, 0.3) is 10.9 Å². The molecule has 1 aromatic heterocycles. The number of nitrogens with zero attached hydrogens (tertiary/aromatic N) is 2. The summed E-state index contributed by atoms with van der Waals surface area (Å²) in [6.45, 7) is 3.47. The van der Waals surface area contributed by atoms with E-state index in [2.05, 4.69) is 17.1 Å². The molecule has 6 heteroatoms. The molecule has 0 atom stereocenters. The Bertz CT molecular complexity index is 1340. The van der Waals surface area contributed by atoms with Crippen molar-refractivity contribution >= 4 is 29.0 Å². The van der Waals surface area contributed by atoms with Crippen LogP contribution in [-0.4, -0.2) is 26.9 Å². The highest BCUT2D eigenvalue weighted by atomic mass is 32.1. The third-order valence-electron chi connectivity index (χ3n) is 5.56. The highest BCUT2D eigenvalue weighted by Gasteiger charge is 2.18. The van der Waals surface area contributed by atoms with E-state index in [0.29, 0.717) is 40.9 Å². The fraction of sp³-hybridized carbons (Fsp3) is 0.192. The van der Waals surface area contributed by atoms with Gasteiger partial charge in [-0.3, -0.25) is 14.2 Å². The number of aromatic nitrogens is 2. The van der Waals surface area contributed by atoms with Crippen molar-refractivity contribution in [3.63, 3.8) is 0 Å². The van der Waals surface area contributed by atoms with E-state index in [-0.39, 0.29) is 11.5 Å². The Hall–Kier alpha value is -3.51. The minimum Gasteiger partial charge on any atom is -0.334 e. The topological polar surface area (TPSA) is 58.1 Å². The van der Waals surface area contributed by atoms with Crippen LogP contribution in [0.3, 0.4) is 0 Å². The maximum Gasteiger partial charge on any atom is 0.262 e. The number of benzene rings is 3. The van der Waals surface area contributed by atoms with Crippen LogP contribution in [0.2, 0.25) is 0 Å². The number of aromatic amines is 1. The largest absolute Gasteiger partial charge is 0.334 e. The molecule has 0 aliphatic carbocycles. The molecule has 32 heavy (non-hydrogen) atoms. The molecule has 0 fully saturated rings. The summed E-state index contributed by atoms with van der Waals surface area (Å²) >= 11 is 5.32. The number of hydrogen-bond donors (Lipinski definition) is 1. The van der Waals surface area contributed by atoms with Crippen LogP contribution in [0.1, 0.15) is 28.4 Å². The van der Waals surface area contributed by atoms with Crippen molar-refractivity contribution in [2.24, 2.45) is 0 Å². The van der Waals surface area contributed by atoms with Gasteiger partial charge in [-0.15, -0.1) is 0 Å². The number of rotatable bonds is 7. The predicted molar refractivity (Wildman–Crippen MR) is 130 cm³/mol. The fourth-order valence-corrected chi connectivity index (χ4v) is 4.14. The smallest absolute Gasteiger partial charge is 0.262 e. The molecule has 162 valence electrons. The van der Waals surface area contributed by atoms with Crippen LogP contribution in [0.5, 0.6) is 0 Å². The maximum absolute atomic E-state index is 13.5. The number of hydrogen-bond acceptors (Lipinski definition) is 3. The number of carbonyl (C=O) groups excluding carboxylic acids is 1. The predicted octanol–water partition coefficient (Wildman–Crippen LogP) is 4.96. The second kappa shape index (κ2) is 9.75. The summed E-state index contributed by atoms with van der Waals surface area (Å²) in [4.78, 5) is 31.1. The Morgan fingerprint density at radius 1 is 0.969 bits per heavy atom. The van der Waals surface area contributed by atoms with Gasteiger partial charge < -0.3 is 9.88 Å². The van der Waals surface area contributed by atoms with E-state index in [1.54, 1.807) is 18.2 Å². The van der Waals surface area contributed by atoms with E-state index in [4.69, 9.17) is 12.2 Å². The molecule has 3 aromatic carbocycles. The first-order chi connectivity index (χ1) is 15.6. The summed E-state index contributed by atoms with van der Waals surface area (Å²) in [5.41, 5.74) is 3.22. The van der Waals surface area contributed by atoms with Gasteiger partial charge in [0.25, 0.3) is 11.5 Å². The second-order valence-corrected chi connectivity index (χ2v) is 8.07. The van der Waals surface area contributed by atoms with Crippen LogP contribution in [0, 0.1) is 4.77 Å². The molecule has 5 nitrogen and oxygen atoms in total. The lowest BCUT2D eigenvalue weighted by Gasteiger charge is -2.23. The Balaban J connectivity index is 1.66. The lowest BCUT2D eigenvalue weighted by molar-refractivity contribution is 0.0745. The highest BCUT2D eigenvalue weighted by molar-refractivity contribution is 7.71. The van der Waals surface area contributed by atoms with Gasteiger partial charge in [-0.05, 0) is 54.9 Å². The molecule has 1 amide bonds. The first-order valence-corrected chi connectivity index (χ1v) is 11.1. The van der Waals surface area contributed by atoms with E-state index < -0.39 is 0 Å². The monoisotopic (exact) mass is 443 g/mol. The average Bonchev–Trinajstić information content (AvgIpc) is 2.82. The SMILES string of the molecule is CCn1c(=S)[nH]c2cc(C(=O)N(CCc3ccccc3)Cc3ccccc3)ccc2c1=O. The second-order valence-electron chi connectivity index (χ2n) is 7.69. The summed E-state index contributed by atoms with van der Waals surface area (Å²) in [6.07, 6.45) is 0.761. The number of fused-ring (bicyclic) bond motifs is 1. The van der Waals surface area contributed by atoms with Gasteiger partial charge in [-0.2, -0.15) is 0 Å². The van der Waals surface area contributed by atoms with Crippen molar-refractivity contribution in [2.45, 2.75) is 26.4 Å². The number of amides is 1. The van der Waals surface area contributed by atoms with Gasteiger partial charge in [-0.1, -0.05) is 60.7 Å². The van der Waals surface area contributed by atoms with Crippen LogP contribution in [0.15, 0.2) is 83.7 Å². The van der Waals surface area contributed by atoms with Crippen LogP contribution < -0.4 is 5.56 Å². The molecule has 0 saturated heterocycles.